The van der Waals surface area contributed by atoms with Gasteiger partial charge < -0.3 is 4.90 Å². The van der Waals surface area contributed by atoms with E-state index < -0.39 is 11.7 Å². The number of nitrogens with zero attached hydrogens (tertiary/aromatic N) is 5. The SMILES string of the molecule is CCN(C(=O)n1nnn(-c2ccc(Br)cc2Br)c1=O)C1CCCCC1. The van der Waals surface area contributed by atoms with Gasteiger partial charge in [0.25, 0.3) is 0 Å². The van der Waals surface area contributed by atoms with Crippen LogP contribution in [0.15, 0.2) is 31.9 Å². The average molecular weight is 473 g/mol. The molecule has 0 saturated heterocycles. The summed E-state index contributed by atoms with van der Waals surface area (Å²) in [5.41, 5.74) is -0.0322. The highest BCUT2D eigenvalue weighted by Crippen LogP contribution is 2.24. The zero-order chi connectivity index (χ0) is 18.0. The Bertz CT molecular complexity index is 826. The number of carbonyl (C=O) groups is 1. The van der Waals surface area contributed by atoms with E-state index in [1.54, 1.807) is 17.0 Å². The number of halogens is 2. The van der Waals surface area contributed by atoms with Gasteiger partial charge in [0.15, 0.2) is 0 Å². The molecular weight excluding hydrogens is 454 g/mol. The highest BCUT2D eigenvalue weighted by molar-refractivity contribution is 9.11. The van der Waals surface area contributed by atoms with Crippen LogP contribution < -0.4 is 5.69 Å². The van der Waals surface area contributed by atoms with Crippen LogP contribution in [0.2, 0.25) is 0 Å². The van der Waals surface area contributed by atoms with Crippen molar-refractivity contribution < 1.29 is 4.79 Å². The smallest absolute Gasteiger partial charge is 0.320 e. The van der Waals surface area contributed by atoms with Crippen LogP contribution in [0.1, 0.15) is 39.0 Å². The fraction of sp³-hybridized carbons (Fsp3) is 0.500. The van der Waals surface area contributed by atoms with E-state index >= 15 is 0 Å². The van der Waals surface area contributed by atoms with Crippen LogP contribution in [0.3, 0.4) is 0 Å². The second kappa shape index (κ2) is 7.82. The van der Waals surface area contributed by atoms with Gasteiger partial charge in [0.1, 0.15) is 0 Å². The Morgan fingerprint density at radius 1 is 1.24 bits per heavy atom. The van der Waals surface area contributed by atoms with Crippen molar-refractivity contribution in [3.05, 3.63) is 37.6 Å². The minimum atomic E-state index is -0.567. The van der Waals surface area contributed by atoms with Crippen molar-refractivity contribution in [1.82, 2.24) is 24.7 Å². The Labute approximate surface area is 162 Å². The first-order valence-electron chi connectivity index (χ1n) is 8.34. The van der Waals surface area contributed by atoms with Crippen molar-refractivity contribution in [2.24, 2.45) is 0 Å². The van der Waals surface area contributed by atoms with Crippen LogP contribution in [0.4, 0.5) is 4.79 Å². The fourth-order valence-corrected chi connectivity index (χ4v) is 4.45. The molecular formula is C16H19Br2N5O2. The number of benzene rings is 1. The van der Waals surface area contributed by atoms with E-state index in [1.165, 1.54) is 6.42 Å². The van der Waals surface area contributed by atoms with E-state index in [-0.39, 0.29) is 6.04 Å². The fourth-order valence-electron chi connectivity index (χ4n) is 3.23. The summed E-state index contributed by atoms with van der Waals surface area (Å²) in [6.07, 6.45) is 5.38. The molecule has 0 atom stereocenters. The van der Waals surface area contributed by atoms with Crippen molar-refractivity contribution in [3.63, 3.8) is 0 Å². The standard InChI is InChI=1S/C16H19Br2N5O2/c1-2-21(12-6-4-3-5-7-12)15(24)23-16(25)22(19-20-23)14-9-8-11(17)10-13(14)18/h8-10,12H,2-7H2,1H3. The first kappa shape index (κ1) is 18.3. The van der Waals surface area contributed by atoms with Crippen LogP contribution in [0.25, 0.3) is 5.69 Å². The molecule has 0 N–H and O–H groups in total. The van der Waals surface area contributed by atoms with Gasteiger partial charge in [-0.25, -0.2) is 9.59 Å². The van der Waals surface area contributed by atoms with Crippen LogP contribution in [-0.4, -0.2) is 43.3 Å². The third-order valence-corrected chi connectivity index (χ3v) is 5.63. The van der Waals surface area contributed by atoms with Gasteiger partial charge in [-0.15, -0.1) is 4.68 Å². The van der Waals surface area contributed by atoms with Gasteiger partial charge in [0.05, 0.1) is 5.69 Å². The lowest BCUT2D eigenvalue weighted by molar-refractivity contribution is 0.157. The Kier molecular flexibility index (Phi) is 5.73. The van der Waals surface area contributed by atoms with Gasteiger partial charge in [-0.05, 0) is 64.3 Å². The molecule has 1 aliphatic rings. The molecule has 1 fully saturated rings. The summed E-state index contributed by atoms with van der Waals surface area (Å²) in [5, 5.41) is 7.70. The quantitative estimate of drug-likeness (QED) is 0.640. The van der Waals surface area contributed by atoms with Gasteiger partial charge in [-0.1, -0.05) is 35.2 Å². The third kappa shape index (κ3) is 3.72. The first-order valence-corrected chi connectivity index (χ1v) is 9.93. The Balaban J connectivity index is 1.91. The van der Waals surface area contributed by atoms with Crippen molar-refractivity contribution in [2.75, 3.05) is 6.54 Å². The molecule has 7 nitrogen and oxygen atoms in total. The zero-order valence-corrected chi connectivity index (χ0v) is 17.0. The second-order valence-electron chi connectivity index (χ2n) is 6.04. The van der Waals surface area contributed by atoms with E-state index in [0.717, 1.165) is 39.5 Å². The molecule has 1 aliphatic carbocycles. The van der Waals surface area contributed by atoms with Gasteiger partial charge in [-0.2, -0.15) is 4.68 Å². The molecule has 1 saturated carbocycles. The summed E-state index contributed by atoms with van der Waals surface area (Å²) in [4.78, 5) is 27.2. The van der Waals surface area contributed by atoms with Crippen LogP contribution in [-0.2, 0) is 0 Å². The van der Waals surface area contributed by atoms with Gasteiger partial charge in [-0.3, -0.25) is 0 Å². The number of amides is 1. The maximum atomic E-state index is 12.8. The summed E-state index contributed by atoms with van der Waals surface area (Å²) >= 11 is 6.78. The number of carbonyl (C=O) groups excluding carboxylic acids is 1. The lowest BCUT2D eigenvalue weighted by atomic mass is 9.94. The lowest BCUT2D eigenvalue weighted by Crippen LogP contribution is -2.46. The predicted octanol–water partition coefficient (Wildman–Crippen LogP) is 3.58. The highest BCUT2D eigenvalue weighted by Gasteiger charge is 2.28. The molecule has 0 spiro atoms. The Morgan fingerprint density at radius 2 is 1.96 bits per heavy atom. The number of aromatic nitrogens is 4. The van der Waals surface area contributed by atoms with E-state index in [9.17, 15) is 9.59 Å². The van der Waals surface area contributed by atoms with Crippen LogP contribution >= 0.6 is 31.9 Å². The van der Waals surface area contributed by atoms with Crippen molar-refractivity contribution in [3.8, 4) is 5.69 Å². The minimum Gasteiger partial charge on any atom is -0.320 e. The summed E-state index contributed by atoms with van der Waals surface area (Å²) in [6, 6.07) is 5.11. The van der Waals surface area contributed by atoms with E-state index in [1.807, 2.05) is 13.0 Å². The molecule has 0 radical (unpaired) electrons. The second-order valence-corrected chi connectivity index (χ2v) is 7.81. The molecule has 1 aromatic carbocycles. The molecule has 1 aromatic heterocycles. The normalized spacial score (nSPS) is 15.3. The molecule has 0 unspecified atom stereocenters. The molecule has 25 heavy (non-hydrogen) atoms. The molecule has 3 rings (SSSR count). The maximum absolute atomic E-state index is 12.8. The van der Waals surface area contributed by atoms with E-state index in [4.69, 9.17) is 0 Å². The zero-order valence-electron chi connectivity index (χ0n) is 13.9. The maximum Gasteiger partial charge on any atom is 0.377 e. The number of hydrogen-bond donors (Lipinski definition) is 0. The number of hydrogen-bond acceptors (Lipinski definition) is 4. The third-order valence-electron chi connectivity index (χ3n) is 4.50. The van der Waals surface area contributed by atoms with Gasteiger partial charge >= 0.3 is 11.7 Å². The summed E-state index contributed by atoms with van der Waals surface area (Å²) in [7, 11) is 0. The molecule has 134 valence electrons. The monoisotopic (exact) mass is 471 g/mol. The van der Waals surface area contributed by atoms with Crippen molar-refractivity contribution in [1.29, 1.82) is 0 Å². The lowest BCUT2D eigenvalue weighted by Gasteiger charge is -2.32. The largest absolute Gasteiger partial charge is 0.377 e. The molecule has 0 bridgehead atoms. The molecule has 1 amide bonds. The predicted molar refractivity (Wildman–Crippen MR) is 101 cm³/mol. The van der Waals surface area contributed by atoms with E-state index in [2.05, 4.69) is 42.3 Å². The first-order chi connectivity index (χ1) is 12.0. The summed E-state index contributed by atoms with van der Waals surface area (Å²) < 4.78 is 3.53. The highest BCUT2D eigenvalue weighted by atomic mass is 79.9. The van der Waals surface area contributed by atoms with Crippen molar-refractivity contribution in [2.45, 2.75) is 45.1 Å². The van der Waals surface area contributed by atoms with Gasteiger partial charge in [0.2, 0.25) is 0 Å². The van der Waals surface area contributed by atoms with Crippen LogP contribution in [0, 0.1) is 0 Å². The molecule has 2 aromatic rings. The number of rotatable bonds is 3. The summed E-state index contributed by atoms with van der Waals surface area (Å²) in [5.74, 6) is 0. The minimum absolute atomic E-state index is 0.169. The average Bonchev–Trinajstić information content (AvgIpc) is 2.98. The number of tetrazole rings is 1. The van der Waals surface area contributed by atoms with E-state index in [0.29, 0.717) is 16.7 Å². The summed E-state index contributed by atoms with van der Waals surface area (Å²) in [6.45, 7) is 2.47. The topological polar surface area (TPSA) is 73.0 Å². The van der Waals surface area contributed by atoms with Crippen LogP contribution in [0.5, 0.6) is 0 Å². The molecule has 1 heterocycles. The Morgan fingerprint density at radius 3 is 2.60 bits per heavy atom. The molecule has 9 heteroatoms. The Hall–Kier alpha value is -1.48. The van der Waals surface area contributed by atoms with Gasteiger partial charge in [0, 0.05) is 21.5 Å². The molecule has 0 aliphatic heterocycles. The van der Waals surface area contributed by atoms with Crippen molar-refractivity contribution >= 4 is 37.9 Å².